The zero-order valence-electron chi connectivity index (χ0n) is 10.6. The average Bonchev–Trinajstić information content (AvgIpc) is 2.75. The minimum Gasteiger partial charge on any atom is -0.506 e. The zero-order valence-corrected chi connectivity index (χ0v) is 15.0. The highest BCUT2D eigenvalue weighted by atomic mass is 127. The molecule has 0 bridgehead atoms. The molecule has 0 spiro atoms. The molecular weight excluding hydrogens is 488 g/mol. The van der Waals surface area contributed by atoms with Crippen molar-refractivity contribution < 1.29 is 19.8 Å². The maximum atomic E-state index is 12.5. The number of carbonyl (C=O) groups excluding carboxylic acids is 1. The van der Waals surface area contributed by atoms with Crippen molar-refractivity contribution in [1.82, 2.24) is 4.90 Å². The summed E-state index contributed by atoms with van der Waals surface area (Å²) in [5.74, 6) is -1.77. The first kappa shape index (κ1) is 15.8. The number of carboxylic acid groups (broad SMARTS) is 1. The summed E-state index contributed by atoms with van der Waals surface area (Å²) < 4.78 is 1.47. The highest BCUT2D eigenvalue weighted by Crippen LogP contribution is 2.31. The van der Waals surface area contributed by atoms with Crippen LogP contribution in [0, 0.1) is 13.1 Å². The van der Waals surface area contributed by atoms with Gasteiger partial charge < -0.3 is 15.1 Å². The molecule has 1 aliphatic heterocycles. The molecule has 108 valence electrons. The average molecular weight is 501 g/mol. The van der Waals surface area contributed by atoms with E-state index in [4.69, 9.17) is 5.11 Å². The van der Waals surface area contributed by atoms with Gasteiger partial charge in [0, 0.05) is 16.2 Å². The lowest BCUT2D eigenvalue weighted by molar-refractivity contribution is -0.142. The van der Waals surface area contributed by atoms with Crippen molar-refractivity contribution in [2.24, 2.45) is 5.92 Å². The predicted molar refractivity (Wildman–Crippen MR) is 89.8 cm³/mol. The van der Waals surface area contributed by atoms with Crippen LogP contribution in [-0.2, 0) is 4.79 Å². The normalized spacial score (nSPS) is 22.1. The van der Waals surface area contributed by atoms with Crippen molar-refractivity contribution in [2.75, 3.05) is 6.54 Å². The molecule has 0 radical (unpaired) electrons. The lowest BCUT2D eigenvalue weighted by Crippen LogP contribution is -2.37. The molecule has 1 aromatic rings. The van der Waals surface area contributed by atoms with E-state index in [2.05, 4.69) is 22.6 Å². The first-order valence-corrected chi connectivity index (χ1v) is 8.20. The second kappa shape index (κ2) is 6.04. The number of likely N-dealkylation sites (tertiary alicyclic amines) is 1. The van der Waals surface area contributed by atoms with Gasteiger partial charge in [-0.15, -0.1) is 0 Å². The molecule has 2 N–H and O–H groups in total. The third-order valence-corrected chi connectivity index (χ3v) is 5.04. The Morgan fingerprint density at radius 2 is 2.00 bits per heavy atom. The van der Waals surface area contributed by atoms with Crippen LogP contribution < -0.4 is 0 Å². The number of rotatable bonds is 2. The van der Waals surface area contributed by atoms with Crippen LogP contribution in [0.3, 0.4) is 0 Å². The van der Waals surface area contributed by atoms with Crippen LogP contribution in [0.1, 0.15) is 23.7 Å². The zero-order chi connectivity index (χ0) is 15.0. The van der Waals surface area contributed by atoms with Crippen LogP contribution in [0.15, 0.2) is 12.1 Å². The summed E-state index contributed by atoms with van der Waals surface area (Å²) in [7, 11) is 0. The van der Waals surface area contributed by atoms with Crippen molar-refractivity contribution in [3.8, 4) is 5.75 Å². The number of hydrogen-bond acceptors (Lipinski definition) is 3. The Hall–Kier alpha value is -0.580. The maximum absolute atomic E-state index is 12.5. The summed E-state index contributed by atoms with van der Waals surface area (Å²) in [6, 6.07) is 3.04. The molecule has 7 heteroatoms. The smallest absolute Gasteiger partial charge is 0.308 e. The van der Waals surface area contributed by atoms with Gasteiger partial charge in [-0.1, -0.05) is 0 Å². The van der Waals surface area contributed by atoms with Gasteiger partial charge in [0.2, 0.25) is 0 Å². The molecule has 5 nitrogen and oxygen atoms in total. The number of aliphatic carboxylic acids is 1. The first-order chi connectivity index (χ1) is 9.32. The van der Waals surface area contributed by atoms with Gasteiger partial charge in [0.25, 0.3) is 5.91 Å². The monoisotopic (exact) mass is 501 g/mol. The number of phenols is 1. The molecule has 2 atom stereocenters. The van der Waals surface area contributed by atoms with Crippen molar-refractivity contribution in [1.29, 1.82) is 0 Å². The molecule has 1 saturated heterocycles. The summed E-state index contributed by atoms with van der Waals surface area (Å²) in [4.78, 5) is 25.1. The Bertz CT molecular complexity index is 576. The lowest BCUT2D eigenvalue weighted by atomic mass is 10.0. The van der Waals surface area contributed by atoms with Crippen LogP contribution in [0.25, 0.3) is 0 Å². The van der Waals surface area contributed by atoms with Crippen LogP contribution in [0.4, 0.5) is 0 Å². The molecule has 2 unspecified atom stereocenters. The van der Waals surface area contributed by atoms with Crippen molar-refractivity contribution in [3.05, 3.63) is 24.8 Å². The van der Waals surface area contributed by atoms with Crippen LogP contribution in [-0.4, -0.2) is 39.6 Å². The number of carbonyl (C=O) groups is 2. The Morgan fingerprint density at radius 3 is 2.55 bits per heavy atom. The van der Waals surface area contributed by atoms with E-state index in [1.165, 1.54) is 4.90 Å². The van der Waals surface area contributed by atoms with E-state index in [1.807, 2.05) is 22.6 Å². The molecule has 20 heavy (non-hydrogen) atoms. The van der Waals surface area contributed by atoms with E-state index < -0.39 is 11.9 Å². The van der Waals surface area contributed by atoms with Gasteiger partial charge in [0.1, 0.15) is 5.75 Å². The van der Waals surface area contributed by atoms with Gasteiger partial charge in [-0.05, 0) is 70.7 Å². The minimum absolute atomic E-state index is 0.0398. The topological polar surface area (TPSA) is 77.8 Å². The largest absolute Gasteiger partial charge is 0.506 e. The summed E-state index contributed by atoms with van der Waals surface area (Å²) >= 11 is 4.06. The summed E-state index contributed by atoms with van der Waals surface area (Å²) in [5, 5.41) is 19.1. The summed E-state index contributed by atoms with van der Waals surface area (Å²) in [6.07, 6.45) is 0.448. The Kier molecular flexibility index (Phi) is 4.77. The van der Waals surface area contributed by atoms with Crippen LogP contribution >= 0.6 is 45.2 Å². The second-order valence-electron chi connectivity index (χ2n) is 4.76. The maximum Gasteiger partial charge on any atom is 0.308 e. The number of carboxylic acids is 1. The summed E-state index contributed by atoms with van der Waals surface area (Å²) in [5.41, 5.74) is 0.235. The number of halogens is 2. The highest BCUT2D eigenvalue weighted by molar-refractivity contribution is 14.1. The third kappa shape index (κ3) is 2.87. The highest BCUT2D eigenvalue weighted by Gasteiger charge is 2.39. The van der Waals surface area contributed by atoms with Gasteiger partial charge in [-0.2, -0.15) is 0 Å². The molecule has 1 heterocycles. The van der Waals surface area contributed by atoms with Gasteiger partial charge >= 0.3 is 5.97 Å². The summed E-state index contributed by atoms with van der Waals surface area (Å²) in [6.45, 7) is 2.14. The molecular formula is C13H13I2NO4. The third-order valence-electron chi connectivity index (χ3n) is 3.59. The Labute approximate surface area is 143 Å². The molecule has 2 rings (SSSR count). The fourth-order valence-electron chi connectivity index (χ4n) is 2.44. The number of benzene rings is 1. The van der Waals surface area contributed by atoms with E-state index in [9.17, 15) is 14.7 Å². The first-order valence-electron chi connectivity index (χ1n) is 6.04. The number of phenolic OH excluding ortho intramolecular Hbond substituents is 1. The Balaban J connectivity index is 2.31. The number of hydrogen-bond donors (Lipinski definition) is 2. The molecule has 0 aromatic heterocycles. The minimum atomic E-state index is -0.880. The van der Waals surface area contributed by atoms with Crippen molar-refractivity contribution in [2.45, 2.75) is 19.4 Å². The van der Waals surface area contributed by atoms with Crippen molar-refractivity contribution in [3.63, 3.8) is 0 Å². The van der Waals surface area contributed by atoms with E-state index in [1.54, 1.807) is 19.1 Å². The number of aromatic hydroxyl groups is 1. The quantitative estimate of drug-likeness (QED) is 0.612. The fourth-order valence-corrected chi connectivity index (χ4v) is 4.28. The van der Waals surface area contributed by atoms with Gasteiger partial charge in [0.05, 0.1) is 15.1 Å². The van der Waals surface area contributed by atoms with Gasteiger partial charge in [0.15, 0.2) is 0 Å². The molecule has 1 aliphatic rings. The van der Waals surface area contributed by atoms with Crippen LogP contribution in [0.2, 0.25) is 0 Å². The van der Waals surface area contributed by atoms with Gasteiger partial charge in [-0.3, -0.25) is 9.59 Å². The SMILES string of the molecule is CC1C(C(=O)O)CCN1C(=O)c1cc(I)cc(I)c1O. The Morgan fingerprint density at radius 1 is 1.35 bits per heavy atom. The van der Waals surface area contributed by atoms with Crippen LogP contribution in [0.5, 0.6) is 5.75 Å². The van der Waals surface area contributed by atoms with Crippen molar-refractivity contribution >= 4 is 57.1 Å². The van der Waals surface area contributed by atoms with E-state index in [0.717, 1.165) is 3.57 Å². The molecule has 1 aromatic carbocycles. The molecule has 0 aliphatic carbocycles. The van der Waals surface area contributed by atoms with E-state index >= 15 is 0 Å². The van der Waals surface area contributed by atoms with E-state index in [0.29, 0.717) is 16.5 Å². The molecule has 0 saturated carbocycles. The standard InChI is InChI=1S/C13H13I2NO4/c1-6-8(13(19)20)2-3-16(6)12(18)9-4-7(14)5-10(15)11(9)17/h4-6,8,17H,2-3H2,1H3,(H,19,20). The number of nitrogens with zero attached hydrogens (tertiary/aromatic N) is 1. The number of amides is 1. The molecule has 1 amide bonds. The van der Waals surface area contributed by atoms with Gasteiger partial charge in [-0.25, -0.2) is 0 Å². The predicted octanol–water partition coefficient (Wildman–Crippen LogP) is 2.54. The fraction of sp³-hybridized carbons (Fsp3) is 0.385. The van der Waals surface area contributed by atoms with E-state index in [-0.39, 0.29) is 23.3 Å². The lowest BCUT2D eigenvalue weighted by Gasteiger charge is -2.24. The molecule has 1 fully saturated rings. The second-order valence-corrected chi connectivity index (χ2v) is 7.16.